The Balaban J connectivity index is 1.41. The second kappa shape index (κ2) is 7.76. The summed E-state index contributed by atoms with van der Waals surface area (Å²) in [7, 11) is 1.74. The normalized spacial score (nSPS) is 24.9. The van der Waals surface area contributed by atoms with Gasteiger partial charge in [0.1, 0.15) is 0 Å². The first-order valence-electron chi connectivity index (χ1n) is 9.72. The van der Waals surface area contributed by atoms with Crippen LogP contribution in [-0.2, 0) is 16.1 Å². The molecule has 3 atom stereocenters. The van der Waals surface area contributed by atoms with Crippen molar-refractivity contribution in [2.24, 2.45) is 5.92 Å². The number of amides is 1. The highest BCUT2D eigenvalue weighted by Crippen LogP contribution is 2.43. The molecule has 140 valence electrons. The lowest BCUT2D eigenvalue weighted by molar-refractivity contribution is -0.124. The van der Waals surface area contributed by atoms with E-state index in [-0.39, 0.29) is 17.9 Å². The molecule has 4 rings (SSSR count). The van der Waals surface area contributed by atoms with Gasteiger partial charge in [0.05, 0.1) is 17.6 Å². The SMILES string of the molecule is COCCCCn1ncc2c(C3CC3NC(=O)[C@@H]3CCNC3)cccc21. The molecule has 6 nitrogen and oxygen atoms in total. The van der Waals surface area contributed by atoms with E-state index >= 15 is 0 Å². The Hall–Kier alpha value is -1.92. The number of methoxy groups -OCH3 is 1. The maximum atomic E-state index is 12.3. The summed E-state index contributed by atoms with van der Waals surface area (Å²) in [5, 5.41) is 12.3. The van der Waals surface area contributed by atoms with Crippen LogP contribution in [0.15, 0.2) is 24.4 Å². The highest BCUT2D eigenvalue weighted by atomic mass is 16.5. The number of ether oxygens (including phenoxy) is 1. The fraction of sp³-hybridized carbons (Fsp3) is 0.600. The second-order valence-electron chi connectivity index (χ2n) is 7.49. The molecule has 0 spiro atoms. The second-order valence-corrected chi connectivity index (χ2v) is 7.49. The van der Waals surface area contributed by atoms with E-state index in [2.05, 4.69) is 38.6 Å². The standard InChI is InChI=1S/C20H28N4O2/c1-26-10-3-2-9-24-19-6-4-5-15(17(19)13-22-24)16-11-18(16)23-20(25)14-7-8-21-12-14/h4-6,13-14,16,18,21H,2-3,7-12H2,1H3,(H,23,25)/t14-,16?,18?/m1/s1. The molecule has 6 heteroatoms. The van der Waals surface area contributed by atoms with Crippen LogP contribution in [-0.4, -0.2) is 48.5 Å². The fourth-order valence-electron chi connectivity index (χ4n) is 4.01. The zero-order valence-electron chi connectivity index (χ0n) is 15.4. The number of rotatable bonds is 8. The molecule has 1 saturated carbocycles. The van der Waals surface area contributed by atoms with Crippen molar-refractivity contribution in [3.05, 3.63) is 30.0 Å². The molecule has 1 aromatic carbocycles. The molecule has 1 saturated heterocycles. The largest absolute Gasteiger partial charge is 0.385 e. The smallest absolute Gasteiger partial charge is 0.224 e. The summed E-state index contributed by atoms with van der Waals surface area (Å²) in [5.74, 6) is 0.772. The highest BCUT2D eigenvalue weighted by molar-refractivity contribution is 5.84. The van der Waals surface area contributed by atoms with Gasteiger partial charge in [0.2, 0.25) is 5.91 Å². The lowest BCUT2D eigenvalue weighted by Gasteiger charge is -2.10. The Morgan fingerprint density at radius 1 is 1.42 bits per heavy atom. The number of benzene rings is 1. The number of hydrogen-bond acceptors (Lipinski definition) is 4. The third kappa shape index (κ3) is 3.62. The van der Waals surface area contributed by atoms with Crippen molar-refractivity contribution < 1.29 is 9.53 Å². The van der Waals surface area contributed by atoms with Crippen molar-refractivity contribution in [2.45, 2.75) is 44.2 Å². The predicted molar refractivity (Wildman–Crippen MR) is 101 cm³/mol. The van der Waals surface area contributed by atoms with Crippen LogP contribution in [0.3, 0.4) is 0 Å². The van der Waals surface area contributed by atoms with Crippen LogP contribution < -0.4 is 10.6 Å². The molecule has 2 aliphatic rings. The van der Waals surface area contributed by atoms with Crippen molar-refractivity contribution in [3.63, 3.8) is 0 Å². The van der Waals surface area contributed by atoms with Crippen LogP contribution in [0.4, 0.5) is 0 Å². The Kier molecular flexibility index (Phi) is 5.22. The molecule has 2 heterocycles. The number of aryl methyl sites for hydroxylation is 1. The van der Waals surface area contributed by atoms with Gasteiger partial charge in [-0.05, 0) is 43.9 Å². The number of nitrogens with zero attached hydrogens (tertiary/aromatic N) is 2. The van der Waals surface area contributed by atoms with Gasteiger partial charge in [0.15, 0.2) is 0 Å². The van der Waals surface area contributed by atoms with Gasteiger partial charge >= 0.3 is 0 Å². The Morgan fingerprint density at radius 3 is 3.15 bits per heavy atom. The van der Waals surface area contributed by atoms with Gasteiger partial charge in [-0.15, -0.1) is 0 Å². The van der Waals surface area contributed by atoms with Crippen molar-refractivity contribution in [1.29, 1.82) is 0 Å². The molecule has 2 N–H and O–H groups in total. The predicted octanol–water partition coefficient (Wildman–Crippen LogP) is 2.04. The molecule has 2 aromatic rings. The summed E-state index contributed by atoms with van der Waals surface area (Å²) in [4.78, 5) is 12.3. The summed E-state index contributed by atoms with van der Waals surface area (Å²) < 4.78 is 7.21. The van der Waals surface area contributed by atoms with Gasteiger partial charge in [-0.3, -0.25) is 9.48 Å². The molecule has 0 radical (unpaired) electrons. The summed E-state index contributed by atoms with van der Waals surface area (Å²) in [6.45, 7) is 3.48. The number of hydrogen-bond donors (Lipinski definition) is 2. The van der Waals surface area contributed by atoms with Crippen molar-refractivity contribution >= 4 is 16.8 Å². The molecule has 1 amide bonds. The van der Waals surface area contributed by atoms with Gasteiger partial charge in [-0.2, -0.15) is 5.10 Å². The van der Waals surface area contributed by atoms with Gasteiger partial charge < -0.3 is 15.4 Å². The molecule has 0 bridgehead atoms. The molecular formula is C20H28N4O2. The molecule has 1 aromatic heterocycles. The zero-order chi connectivity index (χ0) is 17.9. The minimum absolute atomic E-state index is 0.141. The number of unbranched alkanes of at least 4 members (excludes halogenated alkanes) is 1. The third-order valence-corrected chi connectivity index (χ3v) is 5.64. The number of fused-ring (bicyclic) bond motifs is 1. The molecule has 1 aliphatic carbocycles. The average molecular weight is 356 g/mol. The minimum atomic E-state index is 0.141. The van der Waals surface area contributed by atoms with Crippen LogP contribution in [0.1, 0.15) is 37.2 Å². The van der Waals surface area contributed by atoms with Gasteiger partial charge in [0.25, 0.3) is 0 Å². The quantitative estimate of drug-likeness (QED) is 0.711. The number of carbonyl (C=O) groups excluding carboxylic acids is 1. The van der Waals surface area contributed by atoms with Crippen molar-refractivity contribution in [1.82, 2.24) is 20.4 Å². The average Bonchev–Trinajstić information content (AvgIpc) is 3.06. The van der Waals surface area contributed by atoms with E-state index in [1.807, 2.05) is 6.20 Å². The monoisotopic (exact) mass is 356 g/mol. The summed E-state index contributed by atoms with van der Waals surface area (Å²) >= 11 is 0. The van der Waals surface area contributed by atoms with Crippen molar-refractivity contribution in [2.75, 3.05) is 26.8 Å². The summed E-state index contributed by atoms with van der Waals surface area (Å²) in [6.07, 6.45) is 6.08. The number of aromatic nitrogens is 2. The molecule has 1 aliphatic heterocycles. The summed E-state index contributed by atoms with van der Waals surface area (Å²) in [5.41, 5.74) is 2.51. The lowest BCUT2D eigenvalue weighted by atomic mass is 10.1. The van der Waals surface area contributed by atoms with Crippen LogP contribution in [0.25, 0.3) is 10.9 Å². The van der Waals surface area contributed by atoms with Crippen LogP contribution in [0, 0.1) is 5.92 Å². The fourth-order valence-corrected chi connectivity index (χ4v) is 4.01. The van der Waals surface area contributed by atoms with Gasteiger partial charge in [-0.1, -0.05) is 12.1 Å². The Labute approximate surface area is 154 Å². The number of nitrogens with one attached hydrogen (secondary N) is 2. The van der Waals surface area contributed by atoms with Crippen LogP contribution in [0.5, 0.6) is 0 Å². The first-order valence-corrected chi connectivity index (χ1v) is 9.72. The topological polar surface area (TPSA) is 68.2 Å². The third-order valence-electron chi connectivity index (χ3n) is 5.64. The maximum Gasteiger partial charge on any atom is 0.224 e. The van der Waals surface area contributed by atoms with E-state index in [4.69, 9.17) is 4.74 Å². The van der Waals surface area contributed by atoms with Gasteiger partial charge in [-0.25, -0.2) is 0 Å². The summed E-state index contributed by atoms with van der Waals surface area (Å²) in [6, 6.07) is 6.72. The Morgan fingerprint density at radius 2 is 2.35 bits per heavy atom. The first-order chi connectivity index (χ1) is 12.8. The van der Waals surface area contributed by atoms with Crippen LogP contribution >= 0.6 is 0 Å². The van der Waals surface area contributed by atoms with E-state index in [1.54, 1.807) is 7.11 Å². The van der Waals surface area contributed by atoms with E-state index in [1.165, 1.54) is 16.5 Å². The number of carbonyl (C=O) groups is 1. The molecule has 2 unspecified atom stereocenters. The van der Waals surface area contributed by atoms with E-state index in [0.29, 0.717) is 5.92 Å². The lowest BCUT2D eigenvalue weighted by Crippen LogP contribution is -2.34. The molecule has 26 heavy (non-hydrogen) atoms. The van der Waals surface area contributed by atoms with E-state index in [9.17, 15) is 4.79 Å². The first kappa shape index (κ1) is 17.5. The van der Waals surface area contributed by atoms with Crippen LogP contribution in [0.2, 0.25) is 0 Å². The highest BCUT2D eigenvalue weighted by Gasteiger charge is 2.41. The maximum absolute atomic E-state index is 12.3. The van der Waals surface area contributed by atoms with E-state index < -0.39 is 0 Å². The van der Waals surface area contributed by atoms with E-state index in [0.717, 1.165) is 51.9 Å². The van der Waals surface area contributed by atoms with Crippen molar-refractivity contribution in [3.8, 4) is 0 Å². The molecule has 2 fully saturated rings. The Bertz CT molecular complexity index is 766. The minimum Gasteiger partial charge on any atom is -0.385 e. The molecular weight excluding hydrogens is 328 g/mol. The van der Waals surface area contributed by atoms with Gasteiger partial charge in [0, 0.05) is 44.2 Å². The zero-order valence-corrected chi connectivity index (χ0v) is 15.4.